The van der Waals surface area contributed by atoms with Crippen molar-refractivity contribution in [2.75, 3.05) is 6.61 Å². The minimum Gasteiger partial charge on any atom is -0.461 e. The summed E-state index contributed by atoms with van der Waals surface area (Å²) in [6.45, 7) is 3.93. The number of hydrogen-bond acceptors (Lipinski definition) is 4. The van der Waals surface area contributed by atoms with Crippen LogP contribution in [0.15, 0.2) is 18.3 Å². The van der Waals surface area contributed by atoms with Gasteiger partial charge in [0, 0.05) is 6.20 Å². The zero-order valence-corrected chi connectivity index (χ0v) is 11.5. The lowest BCUT2D eigenvalue weighted by Gasteiger charge is -2.06. The minimum absolute atomic E-state index is 0.328. The molecule has 1 fully saturated rings. The second-order valence-electron chi connectivity index (χ2n) is 5.10. The van der Waals surface area contributed by atoms with Gasteiger partial charge in [0.1, 0.15) is 5.65 Å². The average molecular weight is 269 g/mol. The maximum absolute atomic E-state index is 11.8. The van der Waals surface area contributed by atoms with Gasteiger partial charge in [0.15, 0.2) is 5.69 Å². The third kappa shape index (κ3) is 1.76. The van der Waals surface area contributed by atoms with Gasteiger partial charge >= 0.3 is 5.97 Å². The van der Waals surface area contributed by atoms with Gasteiger partial charge in [-0.2, -0.15) is 5.26 Å². The van der Waals surface area contributed by atoms with Crippen LogP contribution in [-0.2, 0) is 10.2 Å². The minimum atomic E-state index is -0.406. The lowest BCUT2D eigenvalue weighted by Crippen LogP contribution is -2.06. The predicted molar refractivity (Wildman–Crippen MR) is 72.4 cm³/mol. The lowest BCUT2D eigenvalue weighted by molar-refractivity contribution is 0.0519. The van der Waals surface area contributed by atoms with Crippen molar-refractivity contribution in [1.82, 2.24) is 9.38 Å². The van der Waals surface area contributed by atoms with E-state index in [0.717, 1.165) is 24.1 Å². The number of rotatable bonds is 3. The first-order valence-electron chi connectivity index (χ1n) is 6.69. The van der Waals surface area contributed by atoms with Gasteiger partial charge in [-0.3, -0.25) is 0 Å². The molecule has 0 spiro atoms. The molecular weight excluding hydrogens is 254 g/mol. The zero-order valence-electron chi connectivity index (χ0n) is 11.5. The molecule has 1 saturated carbocycles. The van der Waals surface area contributed by atoms with E-state index in [2.05, 4.69) is 11.1 Å². The molecule has 1 aliphatic rings. The molecular formula is C15H15N3O2. The standard InChI is InChI=1S/C15H15N3O2/c1-3-20-14(19)13-10(2)18-7-4-11(8-12(18)17-13)15(9-16)5-6-15/h4,7-8H,3,5-6H2,1-2H3. The Labute approximate surface area is 116 Å². The highest BCUT2D eigenvalue weighted by Gasteiger charge is 2.45. The number of pyridine rings is 1. The van der Waals surface area contributed by atoms with Crippen LogP contribution in [0, 0.1) is 18.3 Å². The fourth-order valence-corrected chi connectivity index (χ4v) is 2.45. The van der Waals surface area contributed by atoms with Crippen LogP contribution in [0.2, 0.25) is 0 Å². The normalized spacial score (nSPS) is 15.8. The van der Waals surface area contributed by atoms with Gasteiger partial charge in [0.2, 0.25) is 0 Å². The first kappa shape index (κ1) is 12.7. The van der Waals surface area contributed by atoms with E-state index in [1.165, 1.54) is 0 Å². The summed E-state index contributed by atoms with van der Waals surface area (Å²) >= 11 is 0. The van der Waals surface area contributed by atoms with E-state index < -0.39 is 5.97 Å². The van der Waals surface area contributed by atoms with Gasteiger partial charge < -0.3 is 9.14 Å². The molecule has 102 valence electrons. The number of carbonyl (C=O) groups excluding carboxylic acids is 1. The summed E-state index contributed by atoms with van der Waals surface area (Å²) in [6.07, 6.45) is 3.65. The van der Waals surface area contributed by atoms with Gasteiger partial charge in [-0.05, 0) is 44.4 Å². The Morgan fingerprint density at radius 1 is 1.60 bits per heavy atom. The number of esters is 1. The summed E-state index contributed by atoms with van der Waals surface area (Å²) < 4.78 is 6.85. The molecule has 3 rings (SSSR count). The molecule has 0 bridgehead atoms. The van der Waals surface area contributed by atoms with Crippen molar-refractivity contribution >= 4 is 11.6 Å². The number of imidazole rings is 1. The van der Waals surface area contributed by atoms with E-state index in [1.54, 1.807) is 6.92 Å². The van der Waals surface area contributed by atoms with E-state index in [4.69, 9.17) is 4.74 Å². The summed E-state index contributed by atoms with van der Waals surface area (Å²) in [5, 5.41) is 9.25. The maximum atomic E-state index is 11.8. The summed E-state index contributed by atoms with van der Waals surface area (Å²) in [7, 11) is 0. The van der Waals surface area contributed by atoms with Crippen LogP contribution in [-0.4, -0.2) is 22.0 Å². The van der Waals surface area contributed by atoms with E-state index in [9.17, 15) is 10.1 Å². The smallest absolute Gasteiger partial charge is 0.358 e. The van der Waals surface area contributed by atoms with Crippen molar-refractivity contribution in [2.45, 2.75) is 32.1 Å². The largest absolute Gasteiger partial charge is 0.461 e. The van der Waals surface area contributed by atoms with Crippen molar-refractivity contribution in [3.8, 4) is 6.07 Å². The highest BCUT2D eigenvalue weighted by Crippen LogP contribution is 2.47. The van der Waals surface area contributed by atoms with Crippen LogP contribution in [0.1, 0.15) is 41.5 Å². The molecule has 2 heterocycles. The van der Waals surface area contributed by atoms with Gasteiger partial charge in [-0.1, -0.05) is 0 Å². The molecule has 0 N–H and O–H groups in total. The van der Waals surface area contributed by atoms with Crippen LogP contribution < -0.4 is 0 Å². The maximum Gasteiger partial charge on any atom is 0.358 e. The van der Waals surface area contributed by atoms with E-state index in [1.807, 2.05) is 29.7 Å². The fourth-order valence-electron chi connectivity index (χ4n) is 2.45. The molecule has 0 aliphatic heterocycles. The first-order valence-corrected chi connectivity index (χ1v) is 6.69. The Hall–Kier alpha value is -2.35. The number of carbonyl (C=O) groups is 1. The second-order valence-corrected chi connectivity index (χ2v) is 5.10. The van der Waals surface area contributed by atoms with Gasteiger partial charge in [0.05, 0.1) is 23.8 Å². The van der Waals surface area contributed by atoms with Gasteiger partial charge in [-0.15, -0.1) is 0 Å². The van der Waals surface area contributed by atoms with Gasteiger partial charge in [0.25, 0.3) is 0 Å². The average Bonchev–Trinajstić information content (AvgIpc) is 3.19. The molecule has 0 amide bonds. The highest BCUT2D eigenvalue weighted by atomic mass is 16.5. The summed E-state index contributed by atoms with van der Waals surface area (Å²) in [4.78, 5) is 16.2. The third-order valence-corrected chi connectivity index (χ3v) is 3.85. The molecule has 20 heavy (non-hydrogen) atoms. The second kappa shape index (κ2) is 4.34. The number of hydrogen-bond donors (Lipinski definition) is 0. The van der Waals surface area contributed by atoms with Gasteiger partial charge in [-0.25, -0.2) is 9.78 Å². The number of nitrogens with zero attached hydrogens (tertiary/aromatic N) is 3. The molecule has 0 radical (unpaired) electrons. The zero-order chi connectivity index (χ0) is 14.3. The number of nitriles is 1. The Balaban J connectivity index is 2.08. The van der Waals surface area contributed by atoms with Crippen LogP contribution in [0.25, 0.3) is 5.65 Å². The molecule has 0 atom stereocenters. The van der Waals surface area contributed by atoms with Crippen LogP contribution in [0.4, 0.5) is 0 Å². The highest BCUT2D eigenvalue weighted by molar-refractivity contribution is 5.89. The topological polar surface area (TPSA) is 67.4 Å². The van der Waals surface area contributed by atoms with Crippen molar-refractivity contribution in [3.05, 3.63) is 35.3 Å². The molecule has 0 aromatic carbocycles. The number of fused-ring (bicyclic) bond motifs is 1. The number of aryl methyl sites for hydroxylation is 1. The molecule has 2 aromatic heterocycles. The van der Waals surface area contributed by atoms with E-state index >= 15 is 0 Å². The molecule has 2 aromatic rings. The molecule has 5 nitrogen and oxygen atoms in total. The van der Waals surface area contributed by atoms with Crippen molar-refractivity contribution in [3.63, 3.8) is 0 Å². The molecule has 1 aliphatic carbocycles. The van der Waals surface area contributed by atoms with Crippen molar-refractivity contribution in [2.24, 2.45) is 0 Å². The molecule has 5 heteroatoms. The number of aromatic nitrogens is 2. The Bertz CT molecular complexity index is 735. The first-order chi connectivity index (χ1) is 9.61. The quantitative estimate of drug-likeness (QED) is 0.802. The van der Waals surface area contributed by atoms with Crippen molar-refractivity contribution < 1.29 is 9.53 Å². The lowest BCUT2D eigenvalue weighted by atomic mass is 9.99. The van der Waals surface area contributed by atoms with Crippen LogP contribution >= 0.6 is 0 Å². The molecule has 0 saturated heterocycles. The third-order valence-electron chi connectivity index (χ3n) is 3.85. The SMILES string of the molecule is CCOC(=O)c1nc2cc(C3(C#N)CC3)ccn2c1C. The van der Waals surface area contributed by atoms with E-state index in [-0.39, 0.29) is 5.41 Å². The summed E-state index contributed by atoms with van der Waals surface area (Å²) in [5.41, 5.74) is 2.42. The fraction of sp³-hybridized carbons (Fsp3) is 0.400. The Morgan fingerprint density at radius 2 is 2.35 bits per heavy atom. The molecule has 0 unspecified atom stereocenters. The predicted octanol–water partition coefficient (Wildman–Crippen LogP) is 2.37. The Morgan fingerprint density at radius 3 is 2.95 bits per heavy atom. The van der Waals surface area contributed by atoms with E-state index in [0.29, 0.717) is 17.9 Å². The summed E-state index contributed by atoms with van der Waals surface area (Å²) in [6, 6.07) is 6.20. The number of ether oxygens (including phenoxy) is 1. The summed E-state index contributed by atoms with van der Waals surface area (Å²) in [5.74, 6) is -0.406. The monoisotopic (exact) mass is 269 g/mol. The van der Waals surface area contributed by atoms with Crippen LogP contribution in [0.5, 0.6) is 0 Å². The Kier molecular flexibility index (Phi) is 2.75. The van der Waals surface area contributed by atoms with Crippen molar-refractivity contribution in [1.29, 1.82) is 5.26 Å². The van der Waals surface area contributed by atoms with Crippen LogP contribution in [0.3, 0.4) is 0 Å².